The van der Waals surface area contributed by atoms with E-state index >= 15 is 0 Å². The van der Waals surface area contributed by atoms with Crippen molar-refractivity contribution in [2.45, 2.75) is 91.9 Å². The van der Waals surface area contributed by atoms with Crippen molar-refractivity contribution in [1.29, 1.82) is 0 Å². The van der Waals surface area contributed by atoms with Crippen LogP contribution in [0.5, 0.6) is 0 Å². The molecule has 0 heterocycles. The molecule has 154 valence electrons. The minimum Gasteiger partial charge on any atom is -0.381 e. The Hall–Kier alpha value is -0.370. The molecule has 0 aromatic carbocycles. The Morgan fingerprint density at radius 2 is 1.67 bits per heavy atom. The van der Waals surface area contributed by atoms with Gasteiger partial charge in [-0.15, -0.1) is 0 Å². The fraction of sp³-hybridized carbons (Fsp3) is 0.960. The van der Waals surface area contributed by atoms with Gasteiger partial charge in [-0.2, -0.15) is 0 Å². The molecular weight excluding hydrogens is 332 g/mol. The van der Waals surface area contributed by atoms with Gasteiger partial charge in [0.15, 0.2) is 0 Å². The summed E-state index contributed by atoms with van der Waals surface area (Å²) in [6, 6.07) is 0. The van der Waals surface area contributed by atoms with Crippen molar-refractivity contribution in [2.75, 3.05) is 13.2 Å². The fourth-order valence-electron chi connectivity index (χ4n) is 8.56. The first-order chi connectivity index (χ1) is 12.9. The van der Waals surface area contributed by atoms with Crippen LogP contribution in [0.4, 0.5) is 0 Å². The molecule has 2 heteroatoms. The van der Waals surface area contributed by atoms with E-state index in [-0.39, 0.29) is 0 Å². The van der Waals surface area contributed by atoms with Gasteiger partial charge in [0.2, 0.25) is 0 Å². The second kappa shape index (κ2) is 7.47. The maximum absolute atomic E-state index is 12.6. The molecule has 0 unspecified atom stereocenters. The Bertz CT molecular complexity index is 557. The SMILES string of the molecule is CCOC[C@H]1CC[C@@]2(C)[C@H](CC[C@@H]3[C@@H]2CC[C@]2(C)[C@@H](C(=O)CC)CC[C@@H]32)C1. The lowest BCUT2D eigenvalue weighted by molar-refractivity contribution is -0.137. The molecule has 2 nitrogen and oxygen atoms in total. The number of ether oxygens (including phenoxy) is 1. The highest BCUT2D eigenvalue weighted by molar-refractivity contribution is 5.81. The van der Waals surface area contributed by atoms with E-state index in [0.29, 0.717) is 22.5 Å². The fourth-order valence-corrected chi connectivity index (χ4v) is 8.56. The third kappa shape index (κ3) is 3.13. The third-order valence-corrected chi connectivity index (χ3v) is 10.1. The van der Waals surface area contributed by atoms with E-state index in [0.717, 1.165) is 49.2 Å². The van der Waals surface area contributed by atoms with E-state index in [1.54, 1.807) is 0 Å². The van der Waals surface area contributed by atoms with Crippen LogP contribution >= 0.6 is 0 Å². The first-order valence-electron chi connectivity index (χ1n) is 12.0. The highest BCUT2D eigenvalue weighted by atomic mass is 16.5. The molecule has 4 fully saturated rings. The standard InChI is InChI=1S/C25H42O2/c1-5-23(26)22-10-9-20-19-8-7-18-15-17(16-27-6-2)11-13-24(18,3)21(19)12-14-25(20,22)4/h17-22H,5-16H2,1-4H3/t17-,18+,19-,20-,21-,22+,24-,25-/m0/s1. The molecule has 4 saturated carbocycles. The third-order valence-electron chi connectivity index (χ3n) is 10.1. The monoisotopic (exact) mass is 374 g/mol. The van der Waals surface area contributed by atoms with Crippen molar-refractivity contribution in [1.82, 2.24) is 0 Å². The lowest BCUT2D eigenvalue weighted by Gasteiger charge is -2.61. The topological polar surface area (TPSA) is 26.3 Å². The zero-order chi connectivity index (χ0) is 19.2. The van der Waals surface area contributed by atoms with Crippen LogP contribution in [0.15, 0.2) is 0 Å². The minimum atomic E-state index is 0.309. The van der Waals surface area contributed by atoms with Crippen LogP contribution in [0, 0.1) is 46.3 Å². The minimum absolute atomic E-state index is 0.309. The van der Waals surface area contributed by atoms with Crippen LogP contribution in [0.3, 0.4) is 0 Å². The summed E-state index contributed by atoms with van der Waals surface area (Å²) in [6.07, 6.45) is 13.0. The predicted octanol–water partition coefficient (Wildman–Crippen LogP) is 6.28. The Labute approximate surface area is 167 Å². The zero-order valence-electron chi connectivity index (χ0n) is 18.3. The van der Waals surface area contributed by atoms with Crippen molar-refractivity contribution in [3.8, 4) is 0 Å². The molecular formula is C25H42O2. The summed E-state index contributed by atoms with van der Waals surface area (Å²) >= 11 is 0. The quantitative estimate of drug-likeness (QED) is 0.566. The van der Waals surface area contributed by atoms with Gasteiger partial charge in [-0.25, -0.2) is 0 Å². The van der Waals surface area contributed by atoms with Gasteiger partial charge >= 0.3 is 0 Å². The molecule has 0 aliphatic heterocycles. The molecule has 0 radical (unpaired) electrons. The van der Waals surface area contributed by atoms with Crippen LogP contribution in [-0.4, -0.2) is 19.0 Å². The largest absolute Gasteiger partial charge is 0.381 e. The van der Waals surface area contributed by atoms with E-state index in [2.05, 4.69) is 27.7 Å². The zero-order valence-corrected chi connectivity index (χ0v) is 18.3. The van der Waals surface area contributed by atoms with Crippen LogP contribution in [0.1, 0.15) is 91.9 Å². The number of carbonyl (C=O) groups is 1. The van der Waals surface area contributed by atoms with Gasteiger partial charge in [0.1, 0.15) is 5.78 Å². The van der Waals surface area contributed by atoms with Crippen molar-refractivity contribution in [3.05, 3.63) is 0 Å². The van der Waals surface area contributed by atoms with E-state index in [1.807, 2.05) is 0 Å². The Balaban J connectivity index is 1.50. The van der Waals surface area contributed by atoms with Crippen LogP contribution in [0.2, 0.25) is 0 Å². The maximum atomic E-state index is 12.6. The Morgan fingerprint density at radius 3 is 2.41 bits per heavy atom. The first-order valence-corrected chi connectivity index (χ1v) is 12.0. The Morgan fingerprint density at radius 1 is 0.926 bits per heavy atom. The molecule has 4 rings (SSSR count). The smallest absolute Gasteiger partial charge is 0.136 e. The molecule has 0 bridgehead atoms. The lowest BCUT2D eigenvalue weighted by atomic mass is 9.44. The summed E-state index contributed by atoms with van der Waals surface area (Å²) in [5.41, 5.74) is 0.865. The molecule has 0 N–H and O–H groups in total. The number of rotatable bonds is 5. The molecule has 0 saturated heterocycles. The van der Waals surface area contributed by atoms with Gasteiger partial charge in [0, 0.05) is 25.6 Å². The summed E-state index contributed by atoms with van der Waals surface area (Å²) < 4.78 is 5.78. The second-order valence-corrected chi connectivity index (χ2v) is 11.0. The van der Waals surface area contributed by atoms with E-state index in [4.69, 9.17) is 4.74 Å². The molecule has 8 atom stereocenters. The molecule has 4 aliphatic rings. The van der Waals surface area contributed by atoms with Gasteiger partial charge in [-0.1, -0.05) is 20.8 Å². The highest BCUT2D eigenvalue weighted by Gasteiger charge is 2.60. The predicted molar refractivity (Wildman–Crippen MR) is 110 cm³/mol. The summed E-state index contributed by atoms with van der Waals surface area (Å²) in [5, 5.41) is 0. The number of Topliss-reactive ketones (excluding diaryl/α,β-unsaturated/α-hetero) is 1. The second-order valence-electron chi connectivity index (χ2n) is 11.0. The number of hydrogen-bond acceptors (Lipinski definition) is 2. The number of fused-ring (bicyclic) bond motifs is 5. The number of ketones is 1. The van der Waals surface area contributed by atoms with E-state index in [1.165, 1.54) is 57.8 Å². The van der Waals surface area contributed by atoms with E-state index < -0.39 is 0 Å². The van der Waals surface area contributed by atoms with Crippen molar-refractivity contribution in [3.63, 3.8) is 0 Å². The lowest BCUT2D eigenvalue weighted by Crippen LogP contribution is -2.54. The van der Waals surface area contributed by atoms with Crippen LogP contribution < -0.4 is 0 Å². The summed E-state index contributed by atoms with van der Waals surface area (Å²) in [7, 11) is 0. The van der Waals surface area contributed by atoms with Gasteiger partial charge < -0.3 is 4.74 Å². The molecule has 0 aromatic heterocycles. The van der Waals surface area contributed by atoms with Gasteiger partial charge in [0.25, 0.3) is 0 Å². The van der Waals surface area contributed by atoms with E-state index in [9.17, 15) is 4.79 Å². The summed E-state index contributed by atoms with van der Waals surface area (Å²) in [6.45, 7) is 11.2. The molecule has 27 heavy (non-hydrogen) atoms. The highest BCUT2D eigenvalue weighted by Crippen LogP contribution is 2.67. The summed E-state index contributed by atoms with van der Waals surface area (Å²) in [4.78, 5) is 12.6. The average Bonchev–Trinajstić information content (AvgIpc) is 3.02. The van der Waals surface area contributed by atoms with Crippen molar-refractivity contribution >= 4 is 5.78 Å². The maximum Gasteiger partial charge on any atom is 0.136 e. The van der Waals surface area contributed by atoms with Crippen LogP contribution in [-0.2, 0) is 9.53 Å². The average molecular weight is 375 g/mol. The molecule has 0 spiro atoms. The van der Waals surface area contributed by atoms with Crippen molar-refractivity contribution < 1.29 is 9.53 Å². The molecule has 0 amide bonds. The van der Waals surface area contributed by atoms with Gasteiger partial charge in [-0.05, 0) is 105 Å². The number of hydrogen-bond donors (Lipinski definition) is 0. The summed E-state index contributed by atoms with van der Waals surface area (Å²) in [5.74, 6) is 5.25. The molecule has 0 aromatic rings. The number of carbonyl (C=O) groups excluding carboxylic acids is 1. The molecule has 4 aliphatic carbocycles. The van der Waals surface area contributed by atoms with Crippen molar-refractivity contribution in [2.24, 2.45) is 46.3 Å². The first kappa shape index (κ1) is 19.9. The van der Waals surface area contributed by atoms with Gasteiger partial charge in [0.05, 0.1) is 0 Å². The Kier molecular flexibility index (Phi) is 5.51. The van der Waals surface area contributed by atoms with Crippen LogP contribution in [0.25, 0.3) is 0 Å². The van der Waals surface area contributed by atoms with Gasteiger partial charge in [-0.3, -0.25) is 4.79 Å². The normalized spacial score (nSPS) is 49.2.